The number of hydrogen-bond acceptors (Lipinski definition) is 5. The quantitative estimate of drug-likeness (QED) is 0.556. The van der Waals surface area contributed by atoms with Gasteiger partial charge in [-0.3, -0.25) is 14.4 Å². The number of oxime groups is 1. The summed E-state index contributed by atoms with van der Waals surface area (Å²) in [6.07, 6.45) is 2.92. The van der Waals surface area contributed by atoms with Crippen molar-refractivity contribution in [2.45, 2.75) is 51.8 Å². The molecule has 1 radical (unpaired) electrons. The van der Waals surface area contributed by atoms with Crippen LogP contribution in [0.5, 0.6) is 0 Å². The summed E-state index contributed by atoms with van der Waals surface area (Å²) in [6.45, 7) is 3.37. The number of carbonyl (C=O) groups is 2. The van der Waals surface area contributed by atoms with Crippen LogP contribution in [-0.2, 0) is 19.2 Å². The molecule has 1 aliphatic heterocycles. The maximum Gasteiger partial charge on any atom is 0.261 e. The van der Waals surface area contributed by atoms with E-state index in [2.05, 4.69) is 5.16 Å². The summed E-state index contributed by atoms with van der Waals surface area (Å²) in [5.74, 6) is -1.10. The first-order valence-electron chi connectivity index (χ1n) is 8.35. The molecule has 0 saturated heterocycles. The molecule has 0 aromatic rings. The first kappa shape index (κ1) is 18.5. The standard InChI is InChI=1S/C18H17ClFN2O4/c1-9(2)26-21-16-14(19)10(8-23)7-13(15(16)20)22-17(24)11-5-3-4-6-12(11)18(22)25/h7,9,15H,3-6H2,1-2H3. The van der Waals surface area contributed by atoms with Gasteiger partial charge in [0.2, 0.25) is 6.29 Å². The summed E-state index contributed by atoms with van der Waals surface area (Å²) in [4.78, 5) is 42.4. The van der Waals surface area contributed by atoms with Crippen LogP contribution in [0.15, 0.2) is 38.7 Å². The third-order valence-electron chi connectivity index (χ3n) is 4.37. The van der Waals surface area contributed by atoms with Crippen molar-refractivity contribution in [1.82, 2.24) is 4.90 Å². The molecule has 26 heavy (non-hydrogen) atoms. The third kappa shape index (κ3) is 3.00. The SMILES string of the molecule is CC(C)ON=C1C(Cl)=C([C]=O)C=C(N2C(=O)C3=C(CCCC3)C2=O)C1F. The Hall–Kier alpha value is -2.28. The number of rotatable bonds is 4. The molecular formula is C18H17ClFN2O4. The van der Waals surface area contributed by atoms with Crippen molar-refractivity contribution >= 4 is 35.4 Å². The first-order chi connectivity index (χ1) is 12.4. The smallest absolute Gasteiger partial charge is 0.261 e. The number of carbonyl (C=O) groups excluding carboxylic acids is 3. The van der Waals surface area contributed by atoms with E-state index >= 15 is 4.39 Å². The highest BCUT2D eigenvalue weighted by atomic mass is 35.5. The number of amides is 2. The van der Waals surface area contributed by atoms with Crippen LogP contribution < -0.4 is 0 Å². The predicted molar refractivity (Wildman–Crippen MR) is 92.6 cm³/mol. The highest BCUT2D eigenvalue weighted by Crippen LogP contribution is 2.38. The summed E-state index contributed by atoms with van der Waals surface area (Å²) in [5.41, 5.74) is 0.00388. The lowest BCUT2D eigenvalue weighted by Gasteiger charge is -2.26. The zero-order valence-corrected chi connectivity index (χ0v) is 15.1. The van der Waals surface area contributed by atoms with Crippen molar-refractivity contribution in [2.24, 2.45) is 5.16 Å². The maximum absolute atomic E-state index is 15.1. The van der Waals surface area contributed by atoms with Gasteiger partial charge in [-0.2, -0.15) is 0 Å². The van der Waals surface area contributed by atoms with Gasteiger partial charge in [-0.1, -0.05) is 16.8 Å². The lowest BCUT2D eigenvalue weighted by atomic mass is 9.93. The van der Waals surface area contributed by atoms with E-state index in [0.29, 0.717) is 24.0 Å². The van der Waals surface area contributed by atoms with E-state index < -0.39 is 18.0 Å². The molecule has 0 N–H and O–H groups in total. The molecule has 2 aliphatic carbocycles. The van der Waals surface area contributed by atoms with Crippen LogP contribution in [0, 0.1) is 0 Å². The van der Waals surface area contributed by atoms with E-state index in [1.807, 2.05) is 0 Å². The normalized spacial score (nSPS) is 25.3. The Bertz CT molecular complexity index is 782. The minimum absolute atomic E-state index is 0.188. The van der Waals surface area contributed by atoms with Crippen molar-refractivity contribution in [2.75, 3.05) is 0 Å². The predicted octanol–water partition coefficient (Wildman–Crippen LogP) is 2.85. The average molecular weight is 380 g/mol. The second kappa shape index (κ2) is 7.15. The van der Waals surface area contributed by atoms with Gasteiger partial charge < -0.3 is 4.84 Å². The molecule has 3 aliphatic rings. The Morgan fingerprint density at radius 2 is 1.85 bits per heavy atom. The Morgan fingerprint density at radius 1 is 1.27 bits per heavy atom. The topological polar surface area (TPSA) is 76.0 Å². The fourth-order valence-corrected chi connectivity index (χ4v) is 3.37. The second-order valence-corrected chi connectivity index (χ2v) is 6.88. The Morgan fingerprint density at radius 3 is 2.35 bits per heavy atom. The van der Waals surface area contributed by atoms with E-state index in [1.165, 1.54) is 0 Å². The molecule has 0 bridgehead atoms. The van der Waals surface area contributed by atoms with Crippen LogP contribution in [-0.4, -0.2) is 41.0 Å². The van der Waals surface area contributed by atoms with Gasteiger partial charge in [-0.15, -0.1) is 0 Å². The molecule has 3 rings (SSSR count). The summed E-state index contributed by atoms with van der Waals surface area (Å²) in [6, 6.07) is 0. The average Bonchev–Trinajstić information content (AvgIpc) is 2.87. The van der Waals surface area contributed by atoms with Crippen molar-refractivity contribution in [3.05, 3.63) is 33.5 Å². The number of hydrogen-bond donors (Lipinski definition) is 0. The van der Waals surface area contributed by atoms with E-state index in [-0.39, 0.29) is 28.1 Å². The Labute approximate surface area is 155 Å². The summed E-state index contributed by atoms with van der Waals surface area (Å²) in [5, 5.41) is 3.42. The highest BCUT2D eigenvalue weighted by molar-refractivity contribution is 6.46. The monoisotopic (exact) mass is 379 g/mol. The van der Waals surface area contributed by atoms with E-state index in [4.69, 9.17) is 16.4 Å². The third-order valence-corrected chi connectivity index (χ3v) is 4.77. The first-order valence-corrected chi connectivity index (χ1v) is 8.73. The molecule has 2 amide bonds. The number of halogens is 2. The van der Waals surface area contributed by atoms with Crippen LogP contribution in [0.4, 0.5) is 4.39 Å². The van der Waals surface area contributed by atoms with E-state index in [9.17, 15) is 14.4 Å². The highest BCUT2D eigenvalue weighted by Gasteiger charge is 2.45. The van der Waals surface area contributed by atoms with Crippen LogP contribution >= 0.6 is 11.6 Å². The van der Waals surface area contributed by atoms with Gasteiger partial charge in [0.25, 0.3) is 11.8 Å². The summed E-state index contributed by atoms with van der Waals surface area (Å²) < 4.78 is 15.1. The fraction of sp³-hybridized carbons (Fsp3) is 0.444. The van der Waals surface area contributed by atoms with E-state index in [0.717, 1.165) is 23.8 Å². The van der Waals surface area contributed by atoms with Crippen LogP contribution in [0.2, 0.25) is 0 Å². The summed E-state index contributed by atoms with van der Waals surface area (Å²) in [7, 11) is 0. The number of allylic oxidation sites excluding steroid dienone is 4. The van der Waals surface area contributed by atoms with Gasteiger partial charge in [0.05, 0.1) is 10.7 Å². The fourth-order valence-electron chi connectivity index (χ4n) is 3.15. The second-order valence-electron chi connectivity index (χ2n) is 6.50. The number of alkyl halides is 1. The van der Waals surface area contributed by atoms with Crippen molar-refractivity contribution in [3.8, 4) is 0 Å². The molecule has 1 atom stereocenters. The van der Waals surface area contributed by atoms with Crippen molar-refractivity contribution in [3.63, 3.8) is 0 Å². The molecule has 0 aromatic carbocycles. The van der Waals surface area contributed by atoms with Crippen LogP contribution in [0.1, 0.15) is 39.5 Å². The molecule has 0 fully saturated rings. The zero-order chi connectivity index (χ0) is 19.0. The lowest BCUT2D eigenvalue weighted by Crippen LogP contribution is -2.39. The van der Waals surface area contributed by atoms with Crippen LogP contribution in [0.3, 0.4) is 0 Å². The number of imide groups is 1. The Balaban J connectivity index is 2.02. The van der Waals surface area contributed by atoms with Crippen LogP contribution in [0.25, 0.3) is 0 Å². The van der Waals surface area contributed by atoms with Gasteiger partial charge in [0.1, 0.15) is 11.8 Å². The Kier molecular flexibility index (Phi) is 5.09. The molecule has 1 unspecified atom stereocenters. The van der Waals surface area contributed by atoms with Gasteiger partial charge in [0, 0.05) is 16.7 Å². The summed E-state index contributed by atoms with van der Waals surface area (Å²) >= 11 is 6.02. The van der Waals surface area contributed by atoms with E-state index in [1.54, 1.807) is 20.1 Å². The molecule has 8 heteroatoms. The van der Waals surface area contributed by atoms with Crippen molar-refractivity contribution < 1.29 is 23.6 Å². The molecule has 6 nitrogen and oxygen atoms in total. The largest absolute Gasteiger partial charge is 0.393 e. The van der Waals surface area contributed by atoms with Gasteiger partial charge in [0.15, 0.2) is 6.17 Å². The molecule has 1 heterocycles. The van der Waals surface area contributed by atoms with Gasteiger partial charge in [-0.05, 0) is 45.6 Å². The van der Waals surface area contributed by atoms with Gasteiger partial charge >= 0.3 is 0 Å². The van der Waals surface area contributed by atoms with Gasteiger partial charge in [-0.25, -0.2) is 9.29 Å². The molecular weight excluding hydrogens is 363 g/mol. The minimum atomic E-state index is -1.98. The molecule has 0 saturated carbocycles. The molecule has 0 spiro atoms. The minimum Gasteiger partial charge on any atom is -0.393 e. The zero-order valence-electron chi connectivity index (χ0n) is 14.3. The maximum atomic E-state index is 15.1. The lowest BCUT2D eigenvalue weighted by molar-refractivity contribution is -0.135. The number of nitrogens with zero attached hydrogens (tertiary/aromatic N) is 2. The van der Waals surface area contributed by atoms with Crippen molar-refractivity contribution in [1.29, 1.82) is 0 Å². The molecule has 137 valence electrons. The molecule has 0 aromatic heterocycles.